The van der Waals surface area contributed by atoms with Gasteiger partial charge in [0.1, 0.15) is 0 Å². The van der Waals surface area contributed by atoms with Gasteiger partial charge in [-0.05, 0) is 37.2 Å². The van der Waals surface area contributed by atoms with Gasteiger partial charge in [0.05, 0.1) is 0 Å². The molecule has 0 spiro atoms. The standard InChI is InChI=1S/C11H14F2N2OS/c12-11(13)17-9-5-3-8(4-6-9)15-10(16)2-1-7-14/h3-6,11H,1-2,7,14H2,(H,15,16). The number of carbonyl (C=O) groups is 1. The number of amides is 1. The van der Waals surface area contributed by atoms with Crippen LogP contribution in [0.3, 0.4) is 0 Å². The first-order valence-corrected chi connectivity index (χ1v) is 6.04. The molecule has 0 fully saturated rings. The molecule has 17 heavy (non-hydrogen) atoms. The van der Waals surface area contributed by atoms with Gasteiger partial charge in [-0.25, -0.2) is 0 Å². The third-order valence-electron chi connectivity index (χ3n) is 1.97. The normalized spacial score (nSPS) is 10.6. The molecule has 0 saturated heterocycles. The maximum absolute atomic E-state index is 12.1. The lowest BCUT2D eigenvalue weighted by atomic mass is 10.2. The zero-order valence-electron chi connectivity index (χ0n) is 9.16. The maximum Gasteiger partial charge on any atom is 0.288 e. The van der Waals surface area contributed by atoms with Crippen molar-refractivity contribution in [2.45, 2.75) is 23.5 Å². The lowest BCUT2D eigenvalue weighted by Gasteiger charge is -2.05. The summed E-state index contributed by atoms with van der Waals surface area (Å²) in [6, 6.07) is 6.31. The number of rotatable bonds is 6. The van der Waals surface area contributed by atoms with Crippen molar-refractivity contribution in [3.63, 3.8) is 0 Å². The molecule has 1 amide bonds. The second kappa shape index (κ2) is 7.24. The van der Waals surface area contributed by atoms with Crippen LogP contribution in [-0.2, 0) is 4.79 Å². The number of thioether (sulfide) groups is 1. The van der Waals surface area contributed by atoms with Gasteiger partial charge < -0.3 is 11.1 Å². The van der Waals surface area contributed by atoms with Gasteiger partial charge in [0.15, 0.2) is 0 Å². The first-order valence-electron chi connectivity index (χ1n) is 5.16. The fraction of sp³-hybridized carbons (Fsp3) is 0.364. The van der Waals surface area contributed by atoms with E-state index in [0.717, 1.165) is 0 Å². The van der Waals surface area contributed by atoms with Crippen molar-refractivity contribution < 1.29 is 13.6 Å². The van der Waals surface area contributed by atoms with Gasteiger partial charge in [0, 0.05) is 17.0 Å². The van der Waals surface area contributed by atoms with E-state index in [2.05, 4.69) is 5.32 Å². The van der Waals surface area contributed by atoms with E-state index in [4.69, 9.17) is 5.73 Å². The molecule has 6 heteroatoms. The molecule has 0 bridgehead atoms. The predicted molar refractivity (Wildman–Crippen MR) is 65.2 cm³/mol. The number of alkyl halides is 2. The predicted octanol–water partition coefficient (Wildman–Crippen LogP) is 2.68. The molecule has 1 aromatic carbocycles. The third kappa shape index (κ3) is 5.65. The third-order valence-corrected chi connectivity index (χ3v) is 2.69. The maximum atomic E-state index is 12.1. The van der Waals surface area contributed by atoms with Crippen LogP contribution in [0.5, 0.6) is 0 Å². The van der Waals surface area contributed by atoms with Crippen LogP contribution in [-0.4, -0.2) is 18.2 Å². The van der Waals surface area contributed by atoms with Gasteiger partial charge in [0.2, 0.25) is 5.91 Å². The SMILES string of the molecule is NCCCC(=O)Nc1ccc(SC(F)F)cc1. The van der Waals surface area contributed by atoms with Crippen LogP contribution in [0.15, 0.2) is 29.2 Å². The highest BCUT2D eigenvalue weighted by Crippen LogP contribution is 2.26. The Balaban J connectivity index is 2.47. The molecule has 1 aromatic rings. The molecule has 0 aliphatic rings. The summed E-state index contributed by atoms with van der Waals surface area (Å²) in [5, 5.41) is 2.67. The number of carbonyl (C=O) groups excluding carboxylic acids is 1. The summed E-state index contributed by atoms with van der Waals surface area (Å²) in [4.78, 5) is 11.8. The van der Waals surface area contributed by atoms with E-state index in [-0.39, 0.29) is 5.91 Å². The van der Waals surface area contributed by atoms with Crippen molar-refractivity contribution in [1.29, 1.82) is 0 Å². The Morgan fingerprint density at radius 1 is 1.35 bits per heavy atom. The van der Waals surface area contributed by atoms with Gasteiger partial charge in [0.25, 0.3) is 5.76 Å². The zero-order chi connectivity index (χ0) is 12.7. The van der Waals surface area contributed by atoms with E-state index >= 15 is 0 Å². The second-order valence-electron chi connectivity index (χ2n) is 3.34. The van der Waals surface area contributed by atoms with Crippen LogP contribution in [0.4, 0.5) is 14.5 Å². The van der Waals surface area contributed by atoms with E-state index < -0.39 is 5.76 Å². The highest BCUT2D eigenvalue weighted by atomic mass is 32.2. The Kier molecular flexibility index (Phi) is 5.93. The van der Waals surface area contributed by atoms with Crippen molar-refractivity contribution in [1.82, 2.24) is 0 Å². The van der Waals surface area contributed by atoms with Crippen LogP contribution in [0.1, 0.15) is 12.8 Å². The van der Waals surface area contributed by atoms with Crippen molar-refractivity contribution in [3.05, 3.63) is 24.3 Å². The summed E-state index contributed by atoms with van der Waals surface area (Å²) in [7, 11) is 0. The number of halogens is 2. The number of hydrogen-bond acceptors (Lipinski definition) is 3. The number of nitrogens with one attached hydrogen (secondary N) is 1. The first kappa shape index (κ1) is 13.9. The minimum atomic E-state index is -2.43. The highest BCUT2D eigenvalue weighted by molar-refractivity contribution is 7.99. The number of nitrogens with two attached hydrogens (primary N) is 1. The Labute approximate surface area is 103 Å². The molecule has 0 radical (unpaired) electrons. The Bertz CT molecular complexity index is 357. The van der Waals surface area contributed by atoms with Gasteiger partial charge in [-0.1, -0.05) is 11.8 Å². The summed E-state index contributed by atoms with van der Waals surface area (Å²) in [5.74, 6) is -2.55. The fourth-order valence-electron chi connectivity index (χ4n) is 1.21. The summed E-state index contributed by atoms with van der Waals surface area (Å²) in [5.41, 5.74) is 5.89. The van der Waals surface area contributed by atoms with Gasteiger partial charge in [-0.3, -0.25) is 4.79 Å². The van der Waals surface area contributed by atoms with Crippen molar-refractivity contribution >= 4 is 23.4 Å². The molecule has 0 aliphatic carbocycles. The molecule has 0 unspecified atom stereocenters. The van der Waals surface area contributed by atoms with Gasteiger partial charge >= 0.3 is 0 Å². The van der Waals surface area contributed by atoms with E-state index in [0.29, 0.717) is 41.7 Å². The molecular weight excluding hydrogens is 246 g/mol. The quantitative estimate of drug-likeness (QED) is 0.773. The smallest absolute Gasteiger partial charge is 0.288 e. The number of benzene rings is 1. The highest BCUT2D eigenvalue weighted by Gasteiger charge is 2.05. The lowest BCUT2D eigenvalue weighted by Crippen LogP contribution is -2.13. The molecule has 0 heterocycles. The summed E-state index contributed by atoms with van der Waals surface area (Å²) >= 11 is 0.477. The van der Waals surface area contributed by atoms with E-state index in [1.165, 1.54) is 0 Å². The molecule has 0 aromatic heterocycles. The average Bonchev–Trinajstić information content (AvgIpc) is 2.28. The van der Waals surface area contributed by atoms with E-state index in [1.54, 1.807) is 24.3 Å². The van der Waals surface area contributed by atoms with Crippen molar-refractivity contribution in [2.75, 3.05) is 11.9 Å². The van der Waals surface area contributed by atoms with Crippen LogP contribution < -0.4 is 11.1 Å². The van der Waals surface area contributed by atoms with Crippen molar-refractivity contribution in [2.24, 2.45) is 5.73 Å². The van der Waals surface area contributed by atoms with E-state index in [9.17, 15) is 13.6 Å². The van der Waals surface area contributed by atoms with E-state index in [1.807, 2.05) is 0 Å². The minimum absolute atomic E-state index is 0.121. The summed E-state index contributed by atoms with van der Waals surface area (Å²) in [6.45, 7) is 0.470. The summed E-state index contributed by atoms with van der Waals surface area (Å²) in [6.07, 6.45) is 0.995. The van der Waals surface area contributed by atoms with Gasteiger partial charge in [-0.2, -0.15) is 8.78 Å². The molecule has 0 saturated carbocycles. The number of hydrogen-bond donors (Lipinski definition) is 2. The molecule has 1 rings (SSSR count). The topological polar surface area (TPSA) is 55.1 Å². The monoisotopic (exact) mass is 260 g/mol. The first-order chi connectivity index (χ1) is 8.11. The zero-order valence-corrected chi connectivity index (χ0v) is 9.97. The number of anilines is 1. The molecule has 0 atom stereocenters. The molecule has 3 nitrogen and oxygen atoms in total. The van der Waals surface area contributed by atoms with Crippen LogP contribution in [0.2, 0.25) is 0 Å². The molecule has 3 N–H and O–H groups in total. The Morgan fingerprint density at radius 3 is 2.53 bits per heavy atom. The minimum Gasteiger partial charge on any atom is -0.330 e. The lowest BCUT2D eigenvalue weighted by molar-refractivity contribution is -0.116. The molecule has 0 aliphatic heterocycles. The Hall–Kier alpha value is -1.14. The average molecular weight is 260 g/mol. The second-order valence-corrected chi connectivity index (χ2v) is 4.41. The van der Waals surface area contributed by atoms with Gasteiger partial charge in [-0.15, -0.1) is 0 Å². The van der Waals surface area contributed by atoms with Crippen LogP contribution in [0, 0.1) is 0 Å². The van der Waals surface area contributed by atoms with Crippen LogP contribution >= 0.6 is 11.8 Å². The van der Waals surface area contributed by atoms with Crippen LogP contribution in [0.25, 0.3) is 0 Å². The fourth-order valence-corrected chi connectivity index (χ4v) is 1.70. The summed E-state index contributed by atoms with van der Waals surface area (Å²) < 4.78 is 24.1. The largest absolute Gasteiger partial charge is 0.330 e. The molecule has 94 valence electrons. The van der Waals surface area contributed by atoms with Crippen molar-refractivity contribution in [3.8, 4) is 0 Å². The molecular formula is C11H14F2N2OS. The Morgan fingerprint density at radius 2 is 2.00 bits per heavy atom.